The van der Waals surface area contributed by atoms with Crippen molar-refractivity contribution in [1.29, 1.82) is 0 Å². The molecule has 0 aliphatic carbocycles. The molecule has 0 atom stereocenters. The summed E-state index contributed by atoms with van der Waals surface area (Å²) in [5.74, 6) is -0.687. The van der Waals surface area contributed by atoms with Crippen molar-refractivity contribution in [2.75, 3.05) is 25.0 Å². The molecule has 2 aromatic carbocycles. The lowest BCUT2D eigenvalue weighted by atomic mass is 10.2. The van der Waals surface area contributed by atoms with E-state index in [0.29, 0.717) is 34.9 Å². The fraction of sp³-hybridized carbons (Fsp3) is 0.364. The van der Waals surface area contributed by atoms with E-state index in [2.05, 4.69) is 10.6 Å². The number of aryl methyl sites for hydroxylation is 1. The minimum atomic E-state index is -3.60. The van der Waals surface area contributed by atoms with Gasteiger partial charge in [-0.1, -0.05) is 36.2 Å². The van der Waals surface area contributed by atoms with Crippen LogP contribution < -0.4 is 10.6 Å². The molecule has 166 valence electrons. The van der Waals surface area contributed by atoms with Gasteiger partial charge < -0.3 is 10.6 Å². The number of nitrogens with one attached hydrogen (secondary N) is 2. The van der Waals surface area contributed by atoms with Gasteiger partial charge in [0, 0.05) is 31.7 Å². The summed E-state index contributed by atoms with van der Waals surface area (Å²) < 4.78 is 27.5. The highest BCUT2D eigenvalue weighted by atomic mass is 35.5. The van der Waals surface area contributed by atoms with Crippen LogP contribution in [0.2, 0.25) is 5.02 Å². The molecule has 0 aromatic heterocycles. The van der Waals surface area contributed by atoms with Crippen molar-refractivity contribution >= 4 is 39.1 Å². The fourth-order valence-corrected chi connectivity index (χ4v) is 5.44. The molecular weight excluding hydrogens is 438 g/mol. The molecule has 0 saturated carbocycles. The normalized spacial score (nSPS) is 14.8. The van der Waals surface area contributed by atoms with E-state index < -0.39 is 10.0 Å². The quantitative estimate of drug-likeness (QED) is 0.656. The molecule has 1 saturated heterocycles. The number of carbonyl (C=O) groups excluding carboxylic acids is 2. The summed E-state index contributed by atoms with van der Waals surface area (Å²) in [6.45, 7) is 2.90. The lowest BCUT2D eigenvalue weighted by Gasteiger charge is -2.26. The number of hydrogen-bond donors (Lipinski definition) is 2. The first-order chi connectivity index (χ1) is 14.8. The van der Waals surface area contributed by atoms with Crippen molar-refractivity contribution in [2.45, 2.75) is 37.5 Å². The number of hydrogen-bond acceptors (Lipinski definition) is 4. The van der Waals surface area contributed by atoms with Gasteiger partial charge in [-0.05, 0) is 49.6 Å². The average Bonchev–Trinajstić information content (AvgIpc) is 2.76. The predicted octanol–water partition coefficient (Wildman–Crippen LogP) is 3.58. The van der Waals surface area contributed by atoms with Gasteiger partial charge in [-0.15, -0.1) is 0 Å². The van der Waals surface area contributed by atoms with Gasteiger partial charge in [-0.2, -0.15) is 4.31 Å². The number of nitrogens with zero attached hydrogens (tertiary/aromatic N) is 1. The van der Waals surface area contributed by atoms with Crippen LogP contribution in [0.15, 0.2) is 47.4 Å². The molecule has 1 heterocycles. The molecule has 1 fully saturated rings. The Morgan fingerprint density at radius 3 is 2.48 bits per heavy atom. The topological polar surface area (TPSA) is 95.6 Å². The van der Waals surface area contributed by atoms with Gasteiger partial charge in [0.25, 0.3) is 5.91 Å². The van der Waals surface area contributed by atoms with Crippen LogP contribution in [-0.4, -0.2) is 44.2 Å². The molecule has 1 aliphatic heterocycles. The van der Waals surface area contributed by atoms with Gasteiger partial charge in [-0.25, -0.2) is 8.42 Å². The molecule has 2 aromatic rings. The van der Waals surface area contributed by atoms with Crippen LogP contribution >= 0.6 is 11.6 Å². The Hall–Kier alpha value is -2.42. The predicted molar refractivity (Wildman–Crippen MR) is 121 cm³/mol. The Kier molecular flexibility index (Phi) is 7.69. The van der Waals surface area contributed by atoms with Gasteiger partial charge in [-0.3, -0.25) is 9.59 Å². The molecule has 3 rings (SSSR count). The standard InChI is InChI=1S/C22H26ClN3O4S/c1-16-9-10-17(15-20(16)31(29,30)26-13-5-2-6-14-26)25-21(27)11-12-24-22(28)18-7-3-4-8-19(18)23/h3-4,7-10,15H,2,5-6,11-14H2,1H3,(H,24,28)(H,25,27). The minimum Gasteiger partial charge on any atom is -0.351 e. The SMILES string of the molecule is Cc1ccc(NC(=O)CCNC(=O)c2ccccc2Cl)cc1S(=O)(=O)N1CCCCC1. The van der Waals surface area contributed by atoms with Crippen molar-refractivity contribution in [2.24, 2.45) is 0 Å². The van der Waals surface area contributed by atoms with Crippen LogP contribution in [0.5, 0.6) is 0 Å². The van der Waals surface area contributed by atoms with E-state index in [1.807, 2.05) is 0 Å². The van der Waals surface area contributed by atoms with E-state index in [9.17, 15) is 18.0 Å². The first-order valence-electron chi connectivity index (χ1n) is 10.2. The Balaban J connectivity index is 1.60. The number of benzene rings is 2. The molecule has 31 heavy (non-hydrogen) atoms. The molecule has 0 radical (unpaired) electrons. The summed E-state index contributed by atoms with van der Waals surface area (Å²) in [6.07, 6.45) is 2.79. The number of sulfonamides is 1. The molecule has 2 amide bonds. The maximum absolute atomic E-state index is 13.0. The molecule has 1 aliphatic rings. The molecule has 0 spiro atoms. The number of rotatable bonds is 7. The van der Waals surface area contributed by atoms with Crippen LogP contribution in [0.3, 0.4) is 0 Å². The zero-order valence-corrected chi connectivity index (χ0v) is 18.9. The number of piperidine rings is 1. The lowest BCUT2D eigenvalue weighted by molar-refractivity contribution is -0.116. The van der Waals surface area contributed by atoms with Gasteiger partial charge in [0.1, 0.15) is 0 Å². The monoisotopic (exact) mass is 463 g/mol. The Morgan fingerprint density at radius 1 is 1.06 bits per heavy atom. The Labute approximate surface area is 187 Å². The van der Waals surface area contributed by atoms with Crippen LogP contribution in [0.25, 0.3) is 0 Å². The van der Waals surface area contributed by atoms with Crippen molar-refractivity contribution in [3.05, 3.63) is 58.6 Å². The van der Waals surface area contributed by atoms with Crippen molar-refractivity contribution in [3.63, 3.8) is 0 Å². The highest BCUT2D eigenvalue weighted by molar-refractivity contribution is 7.89. The maximum Gasteiger partial charge on any atom is 0.252 e. The summed E-state index contributed by atoms with van der Waals surface area (Å²) in [7, 11) is -3.60. The molecule has 7 nitrogen and oxygen atoms in total. The first kappa shape index (κ1) is 23.2. The number of anilines is 1. The van der Waals surface area contributed by atoms with Crippen LogP contribution in [0, 0.1) is 6.92 Å². The Bertz CT molecular complexity index is 1070. The second-order valence-electron chi connectivity index (χ2n) is 7.48. The smallest absolute Gasteiger partial charge is 0.252 e. The van der Waals surface area contributed by atoms with E-state index in [0.717, 1.165) is 19.3 Å². The zero-order valence-electron chi connectivity index (χ0n) is 17.4. The van der Waals surface area contributed by atoms with E-state index in [4.69, 9.17) is 11.6 Å². The lowest BCUT2D eigenvalue weighted by Crippen LogP contribution is -2.36. The molecule has 9 heteroatoms. The van der Waals surface area contributed by atoms with Crippen LogP contribution in [0.4, 0.5) is 5.69 Å². The van der Waals surface area contributed by atoms with Gasteiger partial charge in [0.15, 0.2) is 0 Å². The highest BCUT2D eigenvalue weighted by Gasteiger charge is 2.27. The number of amides is 2. The first-order valence-corrected chi connectivity index (χ1v) is 12.0. The van der Waals surface area contributed by atoms with E-state index in [-0.39, 0.29) is 29.7 Å². The van der Waals surface area contributed by atoms with E-state index in [1.165, 1.54) is 10.4 Å². The fourth-order valence-electron chi connectivity index (χ4n) is 3.45. The third kappa shape index (κ3) is 5.84. The number of carbonyl (C=O) groups is 2. The van der Waals surface area contributed by atoms with Crippen molar-refractivity contribution in [3.8, 4) is 0 Å². The highest BCUT2D eigenvalue weighted by Crippen LogP contribution is 2.26. The third-order valence-electron chi connectivity index (χ3n) is 5.16. The molecule has 0 unspecified atom stereocenters. The van der Waals surface area contributed by atoms with E-state index >= 15 is 0 Å². The summed E-state index contributed by atoms with van der Waals surface area (Å²) in [4.78, 5) is 24.7. The average molecular weight is 464 g/mol. The molecular formula is C22H26ClN3O4S. The van der Waals surface area contributed by atoms with Crippen LogP contribution in [-0.2, 0) is 14.8 Å². The van der Waals surface area contributed by atoms with Crippen molar-refractivity contribution < 1.29 is 18.0 Å². The van der Waals surface area contributed by atoms with Gasteiger partial charge in [0.2, 0.25) is 15.9 Å². The summed E-state index contributed by atoms with van der Waals surface area (Å²) in [5, 5.41) is 5.71. The molecule has 0 bridgehead atoms. The summed E-state index contributed by atoms with van der Waals surface area (Å²) in [5.41, 5.74) is 1.38. The zero-order chi connectivity index (χ0) is 22.4. The summed E-state index contributed by atoms with van der Waals surface area (Å²) >= 11 is 6.00. The van der Waals surface area contributed by atoms with Crippen LogP contribution in [0.1, 0.15) is 41.6 Å². The largest absolute Gasteiger partial charge is 0.351 e. The summed E-state index contributed by atoms with van der Waals surface area (Å²) in [6, 6.07) is 11.5. The number of halogens is 1. The Morgan fingerprint density at radius 2 is 1.77 bits per heavy atom. The second-order valence-corrected chi connectivity index (χ2v) is 9.79. The van der Waals surface area contributed by atoms with E-state index in [1.54, 1.807) is 43.3 Å². The maximum atomic E-state index is 13.0. The minimum absolute atomic E-state index is 0.0400. The third-order valence-corrected chi connectivity index (χ3v) is 7.53. The van der Waals surface area contributed by atoms with Gasteiger partial charge >= 0.3 is 0 Å². The second kappa shape index (κ2) is 10.3. The molecule has 2 N–H and O–H groups in total. The van der Waals surface area contributed by atoms with Crippen molar-refractivity contribution in [1.82, 2.24) is 9.62 Å². The van der Waals surface area contributed by atoms with Gasteiger partial charge in [0.05, 0.1) is 15.5 Å².